The molecule has 2 saturated heterocycles. The van der Waals surface area contributed by atoms with Gasteiger partial charge in [-0.25, -0.2) is 4.98 Å². The number of hydrogen-bond donors (Lipinski definition) is 3. The Morgan fingerprint density at radius 3 is 2.34 bits per heavy atom. The molecule has 1 aromatic heterocycles. The van der Waals surface area contributed by atoms with E-state index in [-0.39, 0.29) is 44.6 Å². The van der Waals surface area contributed by atoms with Gasteiger partial charge in [-0.3, -0.25) is 29.0 Å². The zero-order valence-electron chi connectivity index (χ0n) is 29.8. The highest BCUT2D eigenvalue weighted by molar-refractivity contribution is 7.13. The van der Waals surface area contributed by atoms with Gasteiger partial charge in [0.15, 0.2) is 0 Å². The number of nitrogens with one attached hydrogen (secondary N) is 2. The van der Waals surface area contributed by atoms with E-state index < -0.39 is 35.4 Å². The van der Waals surface area contributed by atoms with Crippen molar-refractivity contribution in [3.05, 3.63) is 41.0 Å². The van der Waals surface area contributed by atoms with Crippen LogP contribution in [0.1, 0.15) is 38.4 Å². The second-order valence-electron chi connectivity index (χ2n) is 13.8. The monoisotopic (exact) mass is 716 g/mol. The van der Waals surface area contributed by atoms with Gasteiger partial charge in [-0.15, -0.1) is 11.3 Å². The smallest absolute Gasteiger partial charge is 0.319 e. The molecule has 50 heavy (non-hydrogen) atoms. The summed E-state index contributed by atoms with van der Waals surface area (Å²) >= 11 is 1.58. The fourth-order valence-electron chi connectivity index (χ4n) is 5.98. The van der Waals surface area contributed by atoms with Crippen molar-refractivity contribution >= 4 is 35.0 Å². The van der Waals surface area contributed by atoms with Crippen molar-refractivity contribution in [2.45, 2.75) is 58.8 Å². The second-order valence-corrected chi connectivity index (χ2v) is 14.7. The summed E-state index contributed by atoms with van der Waals surface area (Å²) in [5, 5.41) is 16.2. The molecule has 3 heterocycles. The van der Waals surface area contributed by atoms with Crippen LogP contribution in [0.5, 0.6) is 0 Å². The number of benzene rings is 1. The molecule has 0 spiro atoms. The van der Waals surface area contributed by atoms with Crippen molar-refractivity contribution in [3.8, 4) is 10.4 Å². The summed E-state index contributed by atoms with van der Waals surface area (Å²) in [6, 6.07) is 6.07. The van der Waals surface area contributed by atoms with Gasteiger partial charge in [0.05, 0.1) is 55.7 Å². The third kappa shape index (κ3) is 11.5. The molecule has 3 N–H and O–H groups in total. The maximum absolute atomic E-state index is 13.8. The minimum Gasteiger partial charge on any atom is -0.468 e. The van der Waals surface area contributed by atoms with E-state index in [4.69, 9.17) is 14.2 Å². The molecular weight excluding hydrogens is 664 g/mol. The lowest BCUT2D eigenvalue weighted by atomic mass is 9.85. The van der Waals surface area contributed by atoms with Crippen LogP contribution in [0.3, 0.4) is 0 Å². The average Bonchev–Trinajstić information content (AvgIpc) is 3.70. The largest absolute Gasteiger partial charge is 0.468 e. The highest BCUT2D eigenvalue weighted by Gasteiger charge is 2.44. The van der Waals surface area contributed by atoms with Crippen molar-refractivity contribution in [1.82, 2.24) is 30.3 Å². The molecule has 0 bridgehead atoms. The number of rotatable bonds is 16. The van der Waals surface area contributed by atoms with Crippen molar-refractivity contribution in [2.75, 3.05) is 79.4 Å². The number of piperazine rings is 1. The molecule has 14 nitrogen and oxygen atoms in total. The number of aryl methyl sites for hydroxylation is 1. The van der Waals surface area contributed by atoms with Crippen LogP contribution in [0.15, 0.2) is 29.8 Å². The maximum Gasteiger partial charge on any atom is 0.319 e. The van der Waals surface area contributed by atoms with Gasteiger partial charge in [-0.2, -0.15) is 0 Å². The summed E-state index contributed by atoms with van der Waals surface area (Å²) in [7, 11) is 1.39. The number of hydrogen-bond acceptors (Lipinski definition) is 12. The van der Waals surface area contributed by atoms with Gasteiger partial charge in [0.25, 0.3) is 0 Å². The number of esters is 1. The van der Waals surface area contributed by atoms with Gasteiger partial charge < -0.3 is 34.9 Å². The van der Waals surface area contributed by atoms with Gasteiger partial charge in [0, 0.05) is 52.2 Å². The van der Waals surface area contributed by atoms with E-state index in [0.29, 0.717) is 19.8 Å². The first-order valence-electron chi connectivity index (χ1n) is 17.1. The van der Waals surface area contributed by atoms with Crippen molar-refractivity contribution in [2.24, 2.45) is 5.41 Å². The van der Waals surface area contributed by atoms with Crippen LogP contribution >= 0.6 is 11.3 Å². The Morgan fingerprint density at radius 2 is 1.70 bits per heavy atom. The summed E-state index contributed by atoms with van der Waals surface area (Å²) in [6.07, 6.45) is -0.742. The van der Waals surface area contributed by atoms with E-state index >= 15 is 0 Å². The summed E-state index contributed by atoms with van der Waals surface area (Å²) in [5.74, 6) is -1.48. The first-order chi connectivity index (χ1) is 23.8. The van der Waals surface area contributed by atoms with E-state index in [2.05, 4.69) is 25.4 Å². The number of carbonyl (C=O) groups excluding carboxylic acids is 4. The molecule has 1 aromatic carbocycles. The van der Waals surface area contributed by atoms with Crippen LogP contribution in [0.25, 0.3) is 10.4 Å². The molecule has 0 unspecified atom stereocenters. The second kappa shape index (κ2) is 18.7. The number of thiazole rings is 1. The first kappa shape index (κ1) is 39.3. The van der Waals surface area contributed by atoms with E-state index in [1.165, 1.54) is 12.0 Å². The van der Waals surface area contributed by atoms with Crippen LogP contribution in [0.2, 0.25) is 0 Å². The van der Waals surface area contributed by atoms with Gasteiger partial charge in [-0.1, -0.05) is 45.0 Å². The normalized spacial score (nSPS) is 19.3. The Morgan fingerprint density at radius 1 is 1.02 bits per heavy atom. The molecule has 4 rings (SSSR count). The molecule has 2 fully saturated rings. The molecule has 2 aliphatic heterocycles. The van der Waals surface area contributed by atoms with E-state index in [0.717, 1.165) is 54.4 Å². The minimum atomic E-state index is -0.939. The lowest BCUT2D eigenvalue weighted by Gasteiger charge is -2.35. The quantitative estimate of drug-likeness (QED) is 0.168. The maximum atomic E-state index is 13.8. The molecule has 276 valence electrons. The van der Waals surface area contributed by atoms with Crippen molar-refractivity contribution in [1.29, 1.82) is 0 Å². The zero-order valence-corrected chi connectivity index (χ0v) is 30.6. The molecule has 3 atom stereocenters. The number of amides is 3. The summed E-state index contributed by atoms with van der Waals surface area (Å²) in [4.78, 5) is 62.6. The van der Waals surface area contributed by atoms with Crippen LogP contribution in [-0.2, 0) is 39.9 Å². The molecule has 0 radical (unpaired) electrons. The van der Waals surface area contributed by atoms with Crippen molar-refractivity contribution in [3.63, 3.8) is 0 Å². The summed E-state index contributed by atoms with van der Waals surface area (Å²) < 4.78 is 15.9. The Balaban J connectivity index is 1.18. The molecule has 0 saturated carbocycles. The SMILES string of the molecule is COC(=O)CN1CCN(CCOCCOCC(=O)N[C@H](C(=O)N2C[C@H](O)C[C@H]2C(=O)NCc2ccc(-c3scnc3C)cc2)C(C)(C)C)CC1. The lowest BCUT2D eigenvalue weighted by Crippen LogP contribution is -2.58. The number of methoxy groups -OCH3 is 1. The van der Waals surface area contributed by atoms with E-state index in [9.17, 15) is 24.3 Å². The minimum absolute atomic E-state index is 0.000711. The average molecular weight is 717 g/mol. The molecular formula is C35H52N6O8S. The van der Waals surface area contributed by atoms with E-state index in [1.54, 1.807) is 11.3 Å². The Kier molecular flexibility index (Phi) is 14.7. The third-order valence-electron chi connectivity index (χ3n) is 8.91. The summed E-state index contributed by atoms with van der Waals surface area (Å²) in [6.45, 7) is 12.9. The fraction of sp³-hybridized carbons (Fsp3) is 0.629. The number of carbonyl (C=O) groups is 4. The van der Waals surface area contributed by atoms with Crippen LogP contribution in [0.4, 0.5) is 0 Å². The lowest BCUT2D eigenvalue weighted by molar-refractivity contribution is -0.144. The van der Waals surface area contributed by atoms with E-state index in [1.807, 2.05) is 57.5 Å². The van der Waals surface area contributed by atoms with Crippen LogP contribution < -0.4 is 10.6 Å². The molecule has 2 aliphatic rings. The summed E-state index contributed by atoms with van der Waals surface area (Å²) in [5.41, 5.74) is 4.07. The highest BCUT2D eigenvalue weighted by Crippen LogP contribution is 2.28. The Bertz CT molecular complexity index is 1420. The van der Waals surface area contributed by atoms with Crippen molar-refractivity contribution < 1.29 is 38.5 Å². The fourth-order valence-corrected chi connectivity index (χ4v) is 6.79. The number of likely N-dealkylation sites (tertiary alicyclic amines) is 1. The van der Waals surface area contributed by atoms with Gasteiger partial charge in [0.2, 0.25) is 17.7 Å². The topological polar surface area (TPSA) is 163 Å². The predicted molar refractivity (Wildman–Crippen MR) is 188 cm³/mol. The molecule has 15 heteroatoms. The molecule has 3 amide bonds. The molecule has 2 aromatic rings. The first-order valence-corrected chi connectivity index (χ1v) is 18.0. The number of ether oxygens (including phenoxy) is 3. The molecule has 0 aliphatic carbocycles. The van der Waals surface area contributed by atoms with Crippen LogP contribution in [0, 0.1) is 12.3 Å². The number of aliphatic hydroxyl groups is 1. The number of aliphatic hydroxyl groups excluding tert-OH is 1. The van der Waals surface area contributed by atoms with Gasteiger partial charge in [0.1, 0.15) is 18.7 Å². The Labute approximate surface area is 298 Å². The standard InChI is InChI=1S/C35H52N6O8S/c1-24-31(50-23-37-24)26-8-6-25(7-9-26)19-36-33(45)28-18-27(42)20-41(28)34(46)32(35(2,3)4)38-29(43)22-49-17-16-48-15-14-39-10-12-40(13-11-39)21-30(44)47-5/h6-9,23,27-28,32,42H,10-22H2,1-5H3,(H,36,45)(H,38,43)/t27-,28+,32-/m1/s1. The van der Waals surface area contributed by atoms with Crippen LogP contribution in [-0.4, -0.2) is 146 Å². The number of nitrogens with zero attached hydrogens (tertiary/aromatic N) is 4. The van der Waals surface area contributed by atoms with Gasteiger partial charge in [-0.05, 0) is 23.5 Å². The zero-order chi connectivity index (χ0) is 36.3. The Hall–Kier alpha value is -3.47. The highest BCUT2D eigenvalue weighted by atomic mass is 32.1. The van der Waals surface area contributed by atoms with Gasteiger partial charge >= 0.3 is 5.97 Å². The number of β-amino-alcohol motifs (C(OH)–C–C–N with tert-alkyl or cyclic N) is 1. The third-order valence-corrected chi connectivity index (χ3v) is 9.89. The number of aromatic nitrogens is 1. The predicted octanol–water partition coefficient (Wildman–Crippen LogP) is 1.05.